The Morgan fingerprint density at radius 2 is 1.95 bits per heavy atom. The van der Waals surface area contributed by atoms with E-state index in [4.69, 9.17) is 5.11 Å². The van der Waals surface area contributed by atoms with Crippen molar-refractivity contribution in [2.45, 2.75) is 44.1 Å². The van der Waals surface area contributed by atoms with Gasteiger partial charge in [0.05, 0.1) is 5.60 Å². The van der Waals surface area contributed by atoms with Crippen LogP contribution in [-0.4, -0.2) is 36.7 Å². The smallest absolute Gasteiger partial charge is 0.347 e. The van der Waals surface area contributed by atoms with Gasteiger partial charge in [-0.25, -0.2) is 17.9 Å². The number of aromatic carboxylic acids is 1. The molecule has 0 radical (unpaired) electrons. The van der Waals surface area contributed by atoms with Gasteiger partial charge in [0.25, 0.3) is 0 Å². The number of nitrogens with one attached hydrogen (secondary N) is 1. The van der Waals surface area contributed by atoms with Crippen molar-refractivity contribution in [2.24, 2.45) is 0 Å². The highest BCUT2D eigenvalue weighted by Crippen LogP contribution is 2.27. The van der Waals surface area contributed by atoms with Crippen LogP contribution in [0.4, 0.5) is 0 Å². The number of rotatable bonds is 7. The highest BCUT2D eigenvalue weighted by molar-refractivity contribution is 7.89. The van der Waals surface area contributed by atoms with Crippen LogP contribution in [-0.2, 0) is 10.0 Å². The van der Waals surface area contributed by atoms with Crippen LogP contribution < -0.4 is 4.72 Å². The number of aryl methyl sites for hydroxylation is 1. The zero-order chi connectivity index (χ0) is 15.6. The Morgan fingerprint density at radius 1 is 1.40 bits per heavy atom. The first kappa shape index (κ1) is 17.1. The van der Waals surface area contributed by atoms with Gasteiger partial charge in [-0.2, -0.15) is 0 Å². The molecular weight excluding hydrogens is 302 g/mol. The van der Waals surface area contributed by atoms with Gasteiger partial charge >= 0.3 is 5.97 Å². The van der Waals surface area contributed by atoms with Crippen molar-refractivity contribution < 1.29 is 23.4 Å². The molecule has 0 unspecified atom stereocenters. The average Bonchev–Trinajstić information content (AvgIpc) is 2.79. The number of carboxylic acids is 1. The first-order valence-corrected chi connectivity index (χ1v) is 8.56. The SMILES string of the molecule is CCC(O)(CC)CNS(=O)(=O)c1c(C)csc1C(=O)O. The van der Waals surface area contributed by atoms with E-state index in [0.29, 0.717) is 18.4 Å². The van der Waals surface area contributed by atoms with Crippen molar-refractivity contribution in [2.75, 3.05) is 6.54 Å². The molecule has 6 nitrogen and oxygen atoms in total. The van der Waals surface area contributed by atoms with E-state index >= 15 is 0 Å². The van der Waals surface area contributed by atoms with Crippen LogP contribution in [0.25, 0.3) is 0 Å². The zero-order valence-electron chi connectivity index (χ0n) is 11.6. The van der Waals surface area contributed by atoms with Crippen LogP contribution in [0.15, 0.2) is 10.3 Å². The molecule has 114 valence electrons. The summed E-state index contributed by atoms with van der Waals surface area (Å²) >= 11 is 0.875. The summed E-state index contributed by atoms with van der Waals surface area (Å²) in [4.78, 5) is 10.6. The molecule has 0 bridgehead atoms. The van der Waals surface area contributed by atoms with E-state index in [1.807, 2.05) is 0 Å². The standard InChI is InChI=1S/C12H19NO5S2/c1-4-12(16,5-2)7-13-20(17,18)10-8(3)6-19-9(10)11(14)15/h6,13,16H,4-5,7H2,1-3H3,(H,14,15). The van der Waals surface area contributed by atoms with Gasteiger partial charge in [0.1, 0.15) is 9.77 Å². The molecule has 0 aliphatic carbocycles. The molecule has 0 aliphatic rings. The van der Waals surface area contributed by atoms with E-state index in [-0.39, 0.29) is 16.3 Å². The second-order valence-corrected chi connectivity index (χ2v) is 7.22. The molecule has 1 heterocycles. The van der Waals surface area contributed by atoms with E-state index in [0.717, 1.165) is 11.3 Å². The van der Waals surface area contributed by atoms with E-state index < -0.39 is 21.6 Å². The summed E-state index contributed by atoms with van der Waals surface area (Å²) in [5.41, 5.74) is -0.739. The fraction of sp³-hybridized carbons (Fsp3) is 0.583. The van der Waals surface area contributed by atoms with E-state index in [1.165, 1.54) is 5.38 Å². The molecule has 8 heteroatoms. The highest BCUT2D eigenvalue weighted by Gasteiger charge is 2.30. The van der Waals surface area contributed by atoms with Crippen molar-refractivity contribution in [3.05, 3.63) is 15.8 Å². The van der Waals surface area contributed by atoms with Gasteiger partial charge in [0, 0.05) is 6.54 Å². The molecule has 0 spiro atoms. The summed E-state index contributed by atoms with van der Waals surface area (Å²) in [5.74, 6) is -1.27. The molecule has 0 amide bonds. The molecule has 3 N–H and O–H groups in total. The molecule has 1 aromatic heterocycles. The quantitative estimate of drug-likeness (QED) is 0.707. The van der Waals surface area contributed by atoms with Crippen molar-refractivity contribution in [1.29, 1.82) is 0 Å². The van der Waals surface area contributed by atoms with Gasteiger partial charge in [-0.15, -0.1) is 11.3 Å². The molecule has 0 atom stereocenters. The minimum Gasteiger partial charge on any atom is -0.477 e. The molecular formula is C12H19NO5S2. The number of carboxylic acid groups (broad SMARTS) is 1. The maximum Gasteiger partial charge on any atom is 0.347 e. The molecule has 1 rings (SSSR count). The second kappa shape index (κ2) is 6.21. The Kier molecular flexibility index (Phi) is 5.31. The normalized spacial score (nSPS) is 12.6. The Labute approximate surface area is 122 Å². The van der Waals surface area contributed by atoms with E-state index in [9.17, 15) is 18.3 Å². The van der Waals surface area contributed by atoms with Crippen LogP contribution in [0.1, 0.15) is 41.9 Å². The van der Waals surface area contributed by atoms with Gasteiger partial charge in [-0.05, 0) is 30.7 Å². The van der Waals surface area contributed by atoms with Crippen molar-refractivity contribution in [3.63, 3.8) is 0 Å². The second-order valence-electron chi connectivity index (χ2n) is 4.64. The monoisotopic (exact) mass is 321 g/mol. The highest BCUT2D eigenvalue weighted by atomic mass is 32.2. The fourth-order valence-corrected chi connectivity index (χ4v) is 4.46. The summed E-state index contributed by atoms with van der Waals surface area (Å²) in [6.45, 7) is 4.92. The summed E-state index contributed by atoms with van der Waals surface area (Å²) < 4.78 is 26.8. The van der Waals surface area contributed by atoms with Gasteiger partial charge in [-0.1, -0.05) is 13.8 Å². The number of hydrogen-bond donors (Lipinski definition) is 3. The molecule has 0 aliphatic heterocycles. The van der Waals surface area contributed by atoms with Crippen LogP contribution in [0.3, 0.4) is 0 Å². The van der Waals surface area contributed by atoms with Crippen LogP contribution in [0.2, 0.25) is 0 Å². The van der Waals surface area contributed by atoms with Crippen LogP contribution >= 0.6 is 11.3 Å². The number of sulfonamides is 1. The first-order valence-electron chi connectivity index (χ1n) is 6.20. The fourth-order valence-electron chi connectivity index (χ4n) is 1.72. The molecule has 0 saturated heterocycles. The number of thiophene rings is 1. The van der Waals surface area contributed by atoms with Crippen molar-refractivity contribution in [3.8, 4) is 0 Å². The Bertz CT molecular complexity index is 587. The van der Waals surface area contributed by atoms with Crippen molar-refractivity contribution in [1.82, 2.24) is 4.72 Å². The van der Waals surface area contributed by atoms with Crippen molar-refractivity contribution >= 4 is 27.3 Å². The maximum absolute atomic E-state index is 12.2. The lowest BCUT2D eigenvalue weighted by molar-refractivity contribution is 0.0377. The predicted octanol–water partition coefficient (Wildman–Crippen LogP) is 1.58. The minimum atomic E-state index is -3.96. The molecule has 0 saturated carbocycles. The minimum absolute atomic E-state index is 0.142. The molecule has 1 aromatic rings. The topological polar surface area (TPSA) is 104 Å². The van der Waals surface area contributed by atoms with E-state index in [2.05, 4.69) is 4.72 Å². The summed E-state index contributed by atoms with van der Waals surface area (Å²) in [6, 6.07) is 0. The summed E-state index contributed by atoms with van der Waals surface area (Å²) in [5, 5.41) is 20.6. The molecule has 0 aromatic carbocycles. The number of carbonyl (C=O) groups is 1. The van der Waals surface area contributed by atoms with Crippen LogP contribution in [0, 0.1) is 6.92 Å². The lowest BCUT2D eigenvalue weighted by atomic mass is 9.98. The van der Waals surface area contributed by atoms with Gasteiger partial charge in [-0.3, -0.25) is 0 Å². The lowest BCUT2D eigenvalue weighted by Gasteiger charge is -2.25. The number of aliphatic hydroxyl groups is 1. The Hall–Kier alpha value is -0.960. The third-order valence-corrected chi connectivity index (χ3v) is 6.09. The third-order valence-electron chi connectivity index (χ3n) is 3.29. The third kappa shape index (κ3) is 3.57. The lowest BCUT2D eigenvalue weighted by Crippen LogP contribution is -2.42. The zero-order valence-corrected chi connectivity index (χ0v) is 13.3. The molecule has 0 fully saturated rings. The van der Waals surface area contributed by atoms with Gasteiger partial charge < -0.3 is 10.2 Å². The first-order chi connectivity index (χ1) is 9.17. The Balaban J connectivity index is 3.07. The summed E-state index contributed by atoms with van der Waals surface area (Å²) in [6.07, 6.45) is 0.806. The van der Waals surface area contributed by atoms with Crippen LogP contribution in [0.5, 0.6) is 0 Å². The van der Waals surface area contributed by atoms with Gasteiger partial charge in [0.15, 0.2) is 0 Å². The maximum atomic E-state index is 12.2. The predicted molar refractivity (Wildman–Crippen MR) is 76.7 cm³/mol. The average molecular weight is 321 g/mol. The van der Waals surface area contributed by atoms with E-state index in [1.54, 1.807) is 20.8 Å². The summed E-state index contributed by atoms with van der Waals surface area (Å²) in [7, 11) is -3.96. The Morgan fingerprint density at radius 3 is 2.40 bits per heavy atom. The largest absolute Gasteiger partial charge is 0.477 e. The van der Waals surface area contributed by atoms with Gasteiger partial charge in [0.2, 0.25) is 10.0 Å². The number of hydrogen-bond acceptors (Lipinski definition) is 5. The molecule has 20 heavy (non-hydrogen) atoms.